The Labute approximate surface area is 105 Å². The Kier molecular flexibility index (Phi) is 3.31. The van der Waals surface area contributed by atoms with Gasteiger partial charge < -0.3 is 5.73 Å². The maximum atomic E-state index is 11.7. The Morgan fingerprint density at radius 3 is 3.12 bits per heavy atom. The quantitative estimate of drug-likeness (QED) is 0.637. The van der Waals surface area contributed by atoms with Crippen LogP contribution in [0.3, 0.4) is 0 Å². The molecule has 1 saturated heterocycles. The predicted octanol–water partition coefficient (Wildman–Crippen LogP) is 0.554. The van der Waals surface area contributed by atoms with Crippen LogP contribution in [0.1, 0.15) is 6.42 Å². The van der Waals surface area contributed by atoms with E-state index >= 15 is 0 Å². The zero-order valence-corrected chi connectivity index (χ0v) is 10.3. The predicted molar refractivity (Wildman–Crippen MR) is 63.2 cm³/mol. The summed E-state index contributed by atoms with van der Waals surface area (Å²) in [6, 6.07) is 0. The summed E-state index contributed by atoms with van der Waals surface area (Å²) in [7, 11) is 0. The first-order valence-electron chi connectivity index (χ1n) is 4.73. The topological polar surface area (TPSA) is 100 Å². The number of amides is 2. The molecule has 1 aromatic heterocycles. The maximum Gasteiger partial charge on any atom is 0.229 e. The zero-order valence-electron chi connectivity index (χ0n) is 8.62. The Bertz CT molecular complexity index is 507. The third-order valence-electron chi connectivity index (χ3n) is 2.38. The van der Waals surface area contributed by atoms with Gasteiger partial charge in [0.1, 0.15) is 5.40 Å². The fourth-order valence-corrected chi connectivity index (χ4v) is 2.93. The first kappa shape index (κ1) is 11.9. The van der Waals surface area contributed by atoms with Gasteiger partial charge in [0.2, 0.25) is 11.8 Å². The standard InChI is InChI=1S/C9H8N4O2S2/c10-4-16-7-2-12-9(17-7)13-3-5(8(11)15)1-6(13)14/h2,5H,1,3H2,(H2,11,15). The summed E-state index contributed by atoms with van der Waals surface area (Å²) in [5.74, 6) is -1.07. The van der Waals surface area contributed by atoms with E-state index in [-0.39, 0.29) is 18.9 Å². The molecule has 1 aromatic rings. The van der Waals surface area contributed by atoms with Gasteiger partial charge in [0.05, 0.1) is 16.3 Å². The van der Waals surface area contributed by atoms with E-state index in [1.54, 1.807) is 6.20 Å². The van der Waals surface area contributed by atoms with Gasteiger partial charge >= 0.3 is 0 Å². The summed E-state index contributed by atoms with van der Waals surface area (Å²) in [4.78, 5) is 28.2. The average Bonchev–Trinajstić information content (AvgIpc) is 2.85. The number of hydrogen-bond acceptors (Lipinski definition) is 6. The van der Waals surface area contributed by atoms with Crippen LogP contribution in [0.4, 0.5) is 5.13 Å². The minimum atomic E-state index is -0.468. The van der Waals surface area contributed by atoms with Gasteiger partial charge in [-0.15, -0.1) is 0 Å². The zero-order chi connectivity index (χ0) is 12.4. The van der Waals surface area contributed by atoms with E-state index < -0.39 is 11.8 Å². The fraction of sp³-hybridized carbons (Fsp3) is 0.333. The monoisotopic (exact) mass is 268 g/mol. The molecule has 0 aromatic carbocycles. The van der Waals surface area contributed by atoms with E-state index in [4.69, 9.17) is 11.0 Å². The smallest absolute Gasteiger partial charge is 0.229 e. The Hall–Kier alpha value is -1.59. The number of carbonyl (C=O) groups is 2. The minimum absolute atomic E-state index is 0.135. The summed E-state index contributed by atoms with van der Waals surface area (Å²) in [6.07, 6.45) is 1.67. The van der Waals surface area contributed by atoms with Crippen molar-refractivity contribution in [2.75, 3.05) is 11.4 Å². The molecule has 2 rings (SSSR count). The molecule has 2 amide bonds. The molecule has 17 heavy (non-hydrogen) atoms. The second-order valence-corrected chi connectivity index (χ2v) is 5.56. The minimum Gasteiger partial charge on any atom is -0.369 e. The van der Waals surface area contributed by atoms with Gasteiger partial charge in [0.25, 0.3) is 0 Å². The van der Waals surface area contributed by atoms with Gasteiger partial charge in [-0.3, -0.25) is 14.5 Å². The van der Waals surface area contributed by atoms with Crippen molar-refractivity contribution in [3.8, 4) is 5.40 Å². The van der Waals surface area contributed by atoms with Gasteiger partial charge in [-0.2, -0.15) is 5.26 Å². The van der Waals surface area contributed by atoms with Gasteiger partial charge in [-0.25, -0.2) is 4.98 Å². The lowest BCUT2D eigenvalue weighted by Gasteiger charge is -2.11. The van der Waals surface area contributed by atoms with Crippen LogP contribution >= 0.6 is 23.1 Å². The van der Waals surface area contributed by atoms with Gasteiger partial charge in [0.15, 0.2) is 5.13 Å². The number of nitriles is 1. The van der Waals surface area contributed by atoms with Crippen LogP contribution < -0.4 is 10.6 Å². The van der Waals surface area contributed by atoms with Crippen LogP contribution in [0.25, 0.3) is 0 Å². The number of nitrogens with two attached hydrogens (primary N) is 1. The molecule has 88 valence electrons. The maximum absolute atomic E-state index is 11.7. The summed E-state index contributed by atoms with van der Waals surface area (Å²) in [5.41, 5.74) is 5.17. The number of anilines is 1. The first-order chi connectivity index (χ1) is 8.11. The number of hydrogen-bond donors (Lipinski definition) is 1. The molecule has 0 saturated carbocycles. The van der Waals surface area contributed by atoms with Crippen LogP contribution in [-0.4, -0.2) is 23.3 Å². The Balaban J connectivity index is 2.15. The number of aromatic nitrogens is 1. The summed E-state index contributed by atoms with van der Waals surface area (Å²) < 4.78 is 0.720. The normalized spacial score (nSPS) is 19.4. The van der Waals surface area contributed by atoms with E-state index in [0.29, 0.717) is 5.13 Å². The molecule has 1 atom stereocenters. The molecule has 0 radical (unpaired) electrons. The van der Waals surface area contributed by atoms with Crippen LogP contribution in [0.2, 0.25) is 0 Å². The Morgan fingerprint density at radius 2 is 2.53 bits per heavy atom. The molecule has 6 nitrogen and oxygen atoms in total. The molecule has 0 aliphatic carbocycles. The highest BCUT2D eigenvalue weighted by Crippen LogP contribution is 2.33. The van der Waals surface area contributed by atoms with Crippen molar-refractivity contribution in [3.63, 3.8) is 0 Å². The van der Waals surface area contributed by atoms with Crippen molar-refractivity contribution in [3.05, 3.63) is 6.20 Å². The van der Waals surface area contributed by atoms with Crippen molar-refractivity contribution in [1.29, 1.82) is 5.26 Å². The molecular formula is C9H8N4O2S2. The number of rotatable bonds is 3. The molecule has 1 fully saturated rings. The fourth-order valence-electron chi connectivity index (χ4n) is 1.55. The van der Waals surface area contributed by atoms with Crippen molar-refractivity contribution in [1.82, 2.24) is 4.98 Å². The molecule has 8 heteroatoms. The molecule has 2 heterocycles. The molecule has 1 aliphatic heterocycles. The van der Waals surface area contributed by atoms with Gasteiger partial charge in [-0.05, 0) is 0 Å². The number of thiocyanates is 1. The number of thiazole rings is 1. The van der Waals surface area contributed by atoms with E-state index in [2.05, 4.69) is 4.98 Å². The first-order valence-corrected chi connectivity index (χ1v) is 6.36. The summed E-state index contributed by atoms with van der Waals surface area (Å²) in [5, 5.41) is 11.0. The second-order valence-electron chi connectivity index (χ2n) is 3.46. The molecule has 0 spiro atoms. The van der Waals surface area contributed by atoms with Crippen LogP contribution in [0.15, 0.2) is 10.4 Å². The Morgan fingerprint density at radius 1 is 1.76 bits per heavy atom. The molecule has 0 bridgehead atoms. The van der Waals surface area contributed by atoms with Crippen LogP contribution in [0, 0.1) is 16.6 Å². The lowest BCUT2D eigenvalue weighted by molar-refractivity contribution is -0.123. The van der Waals surface area contributed by atoms with Gasteiger partial charge in [-0.1, -0.05) is 11.3 Å². The van der Waals surface area contributed by atoms with Crippen molar-refractivity contribution < 1.29 is 9.59 Å². The molecule has 1 unspecified atom stereocenters. The number of primary amides is 1. The lowest BCUT2D eigenvalue weighted by atomic mass is 10.1. The molecule has 1 aliphatic rings. The van der Waals surface area contributed by atoms with Crippen molar-refractivity contribution in [2.24, 2.45) is 11.7 Å². The van der Waals surface area contributed by atoms with Crippen LogP contribution in [0.5, 0.6) is 0 Å². The SMILES string of the molecule is N#CSc1cnc(N2CC(C(N)=O)CC2=O)s1. The largest absolute Gasteiger partial charge is 0.369 e. The van der Waals surface area contributed by atoms with E-state index in [1.165, 1.54) is 16.2 Å². The lowest BCUT2D eigenvalue weighted by Crippen LogP contribution is -2.28. The highest BCUT2D eigenvalue weighted by atomic mass is 32.2. The molecule has 2 N–H and O–H groups in total. The second kappa shape index (κ2) is 4.73. The number of carbonyl (C=O) groups excluding carboxylic acids is 2. The van der Waals surface area contributed by atoms with Crippen LogP contribution in [-0.2, 0) is 9.59 Å². The highest BCUT2D eigenvalue weighted by molar-refractivity contribution is 8.05. The average molecular weight is 268 g/mol. The number of nitrogens with zero attached hydrogens (tertiary/aromatic N) is 3. The molecular weight excluding hydrogens is 260 g/mol. The van der Waals surface area contributed by atoms with E-state index in [0.717, 1.165) is 16.0 Å². The van der Waals surface area contributed by atoms with Gasteiger partial charge in [0, 0.05) is 24.7 Å². The van der Waals surface area contributed by atoms with E-state index in [1.807, 2.05) is 5.40 Å². The highest BCUT2D eigenvalue weighted by Gasteiger charge is 2.35. The number of thioether (sulfide) groups is 1. The van der Waals surface area contributed by atoms with E-state index in [9.17, 15) is 9.59 Å². The third-order valence-corrected chi connectivity index (χ3v) is 4.09. The van der Waals surface area contributed by atoms with Crippen molar-refractivity contribution >= 4 is 40.0 Å². The van der Waals surface area contributed by atoms with Crippen molar-refractivity contribution in [2.45, 2.75) is 10.6 Å². The summed E-state index contributed by atoms with van der Waals surface area (Å²) >= 11 is 2.25. The third kappa shape index (κ3) is 2.40. The summed E-state index contributed by atoms with van der Waals surface area (Å²) in [6.45, 7) is 0.276.